The Morgan fingerprint density at radius 3 is 2.96 bits per heavy atom. The lowest BCUT2D eigenvalue weighted by Crippen LogP contribution is -2.27. The average molecular weight is 331 g/mol. The van der Waals surface area contributed by atoms with Crippen molar-refractivity contribution in [1.82, 2.24) is 4.98 Å². The van der Waals surface area contributed by atoms with Gasteiger partial charge in [-0.15, -0.1) is 11.3 Å². The zero-order chi connectivity index (χ0) is 16.2. The van der Waals surface area contributed by atoms with Gasteiger partial charge in [0.05, 0.1) is 12.8 Å². The first-order chi connectivity index (χ1) is 11.1. The second kappa shape index (κ2) is 7.10. The first kappa shape index (κ1) is 16.0. The number of hydrogen-bond acceptors (Lipinski definition) is 5. The summed E-state index contributed by atoms with van der Waals surface area (Å²) in [7, 11) is 1.64. The Morgan fingerprint density at radius 2 is 2.22 bits per heavy atom. The molecule has 122 valence electrons. The van der Waals surface area contributed by atoms with Gasteiger partial charge in [0.1, 0.15) is 5.75 Å². The molecule has 1 aromatic heterocycles. The highest BCUT2D eigenvalue weighted by Crippen LogP contribution is 2.29. The van der Waals surface area contributed by atoms with Crippen LogP contribution >= 0.6 is 11.3 Å². The second-order valence-corrected chi connectivity index (χ2v) is 6.87. The Labute approximate surface area is 139 Å². The van der Waals surface area contributed by atoms with E-state index in [9.17, 15) is 4.79 Å². The zero-order valence-electron chi connectivity index (χ0n) is 13.2. The number of methoxy groups -OCH3 is 1. The Bertz CT molecular complexity index is 682. The number of fused-ring (bicyclic) bond motifs is 1. The predicted octanol–water partition coefficient (Wildman–Crippen LogP) is 2.54. The third-order valence-corrected chi connectivity index (χ3v) is 5.06. The molecular weight excluding hydrogens is 310 g/mol. The maximum Gasteiger partial charge on any atom is 0.226 e. The van der Waals surface area contributed by atoms with Crippen molar-refractivity contribution in [3.8, 4) is 5.75 Å². The van der Waals surface area contributed by atoms with Crippen LogP contribution in [-0.4, -0.2) is 24.0 Å². The summed E-state index contributed by atoms with van der Waals surface area (Å²) in [5, 5.41) is 3.61. The normalized spacial score (nSPS) is 16.7. The SMILES string of the molecule is COc1ccc(CCC(=O)Nc2nc3c(s2)C[C@@H](N)CC3)cc1. The van der Waals surface area contributed by atoms with Crippen molar-refractivity contribution >= 4 is 22.4 Å². The van der Waals surface area contributed by atoms with Crippen LogP contribution in [0.4, 0.5) is 5.13 Å². The molecule has 1 aliphatic rings. The number of aromatic nitrogens is 1. The number of carbonyl (C=O) groups is 1. The Morgan fingerprint density at radius 1 is 1.43 bits per heavy atom. The molecule has 2 aromatic rings. The number of anilines is 1. The number of nitrogens with one attached hydrogen (secondary N) is 1. The largest absolute Gasteiger partial charge is 0.497 e. The molecule has 0 spiro atoms. The van der Waals surface area contributed by atoms with Gasteiger partial charge in [0.15, 0.2) is 5.13 Å². The molecule has 5 nitrogen and oxygen atoms in total. The maximum atomic E-state index is 12.1. The lowest BCUT2D eigenvalue weighted by atomic mass is 9.99. The summed E-state index contributed by atoms with van der Waals surface area (Å²) in [5.41, 5.74) is 8.19. The highest BCUT2D eigenvalue weighted by atomic mass is 32.1. The standard InChI is InChI=1S/C17H21N3O2S/c1-22-13-6-2-11(3-7-13)4-9-16(21)20-17-19-14-8-5-12(18)10-15(14)23-17/h2-3,6-7,12H,4-5,8-10,18H2,1H3,(H,19,20,21)/t12-/m0/s1. The first-order valence-electron chi connectivity index (χ1n) is 7.81. The fourth-order valence-electron chi connectivity index (χ4n) is 2.69. The second-order valence-electron chi connectivity index (χ2n) is 5.79. The Balaban J connectivity index is 1.53. The van der Waals surface area contributed by atoms with Gasteiger partial charge in [-0.25, -0.2) is 4.98 Å². The van der Waals surface area contributed by atoms with E-state index in [1.807, 2.05) is 24.3 Å². The summed E-state index contributed by atoms with van der Waals surface area (Å²) in [6.07, 6.45) is 3.90. The Kier molecular flexibility index (Phi) is 4.93. The third-order valence-electron chi connectivity index (χ3n) is 4.02. The van der Waals surface area contributed by atoms with Gasteiger partial charge < -0.3 is 15.8 Å². The van der Waals surface area contributed by atoms with E-state index in [2.05, 4.69) is 10.3 Å². The van der Waals surface area contributed by atoms with Gasteiger partial charge in [-0.05, 0) is 43.4 Å². The molecule has 0 saturated heterocycles. The molecule has 1 heterocycles. The van der Waals surface area contributed by atoms with Gasteiger partial charge in [0.2, 0.25) is 5.91 Å². The predicted molar refractivity (Wildman–Crippen MR) is 92.1 cm³/mol. The van der Waals surface area contributed by atoms with Crippen LogP contribution in [0.3, 0.4) is 0 Å². The molecule has 3 rings (SSSR count). The molecule has 0 aliphatic heterocycles. The van der Waals surface area contributed by atoms with E-state index in [1.165, 1.54) is 4.88 Å². The summed E-state index contributed by atoms with van der Waals surface area (Å²) >= 11 is 1.55. The number of ether oxygens (including phenoxy) is 1. The fraction of sp³-hybridized carbons (Fsp3) is 0.412. The Hall–Kier alpha value is -1.92. The van der Waals surface area contributed by atoms with Crippen LogP contribution < -0.4 is 15.8 Å². The molecule has 0 radical (unpaired) electrons. The molecule has 23 heavy (non-hydrogen) atoms. The first-order valence-corrected chi connectivity index (χ1v) is 8.62. The molecule has 3 N–H and O–H groups in total. The van der Waals surface area contributed by atoms with Gasteiger partial charge in [-0.3, -0.25) is 4.79 Å². The van der Waals surface area contributed by atoms with E-state index in [0.29, 0.717) is 18.0 Å². The molecule has 0 unspecified atom stereocenters. The molecule has 1 amide bonds. The molecular formula is C17H21N3O2S. The van der Waals surface area contributed by atoms with Crippen molar-refractivity contribution in [1.29, 1.82) is 0 Å². The molecule has 1 aliphatic carbocycles. The number of nitrogens with two attached hydrogens (primary N) is 1. The molecule has 0 bridgehead atoms. The average Bonchev–Trinajstić information content (AvgIpc) is 2.94. The summed E-state index contributed by atoms with van der Waals surface area (Å²) in [6.45, 7) is 0. The highest BCUT2D eigenvalue weighted by Gasteiger charge is 2.20. The molecule has 1 atom stereocenters. The number of nitrogens with zero attached hydrogens (tertiary/aromatic N) is 1. The minimum Gasteiger partial charge on any atom is -0.497 e. The van der Waals surface area contributed by atoms with Gasteiger partial charge in [-0.2, -0.15) is 0 Å². The molecule has 6 heteroatoms. The number of rotatable bonds is 5. The minimum atomic E-state index is -0.00351. The van der Waals surface area contributed by atoms with Crippen LogP contribution in [0.2, 0.25) is 0 Å². The van der Waals surface area contributed by atoms with Crippen molar-refractivity contribution in [2.45, 2.75) is 38.1 Å². The van der Waals surface area contributed by atoms with Gasteiger partial charge in [-0.1, -0.05) is 12.1 Å². The van der Waals surface area contributed by atoms with Crippen molar-refractivity contribution in [2.24, 2.45) is 5.73 Å². The van der Waals surface area contributed by atoms with Crippen molar-refractivity contribution in [3.63, 3.8) is 0 Å². The van der Waals surface area contributed by atoms with Crippen molar-refractivity contribution < 1.29 is 9.53 Å². The van der Waals surface area contributed by atoms with Crippen LogP contribution in [0.15, 0.2) is 24.3 Å². The van der Waals surface area contributed by atoms with E-state index in [4.69, 9.17) is 10.5 Å². The number of amides is 1. The third kappa shape index (κ3) is 4.09. The van der Waals surface area contributed by atoms with Crippen molar-refractivity contribution in [2.75, 3.05) is 12.4 Å². The summed E-state index contributed by atoms with van der Waals surface area (Å²) < 4.78 is 5.13. The summed E-state index contributed by atoms with van der Waals surface area (Å²) in [6, 6.07) is 8.00. The van der Waals surface area contributed by atoms with Gasteiger partial charge in [0, 0.05) is 17.3 Å². The van der Waals surface area contributed by atoms with E-state index in [-0.39, 0.29) is 11.9 Å². The monoisotopic (exact) mass is 331 g/mol. The van der Waals surface area contributed by atoms with E-state index < -0.39 is 0 Å². The van der Waals surface area contributed by atoms with Crippen molar-refractivity contribution in [3.05, 3.63) is 40.4 Å². The van der Waals surface area contributed by atoms with Crippen LogP contribution in [0.5, 0.6) is 5.75 Å². The number of benzene rings is 1. The fourth-order valence-corrected chi connectivity index (χ4v) is 3.80. The van der Waals surface area contributed by atoms with Crippen LogP contribution in [0.1, 0.15) is 29.0 Å². The quantitative estimate of drug-likeness (QED) is 0.882. The van der Waals surface area contributed by atoms with Gasteiger partial charge >= 0.3 is 0 Å². The zero-order valence-corrected chi connectivity index (χ0v) is 14.0. The van der Waals surface area contributed by atoms with E-state index in [1.54, 1.807) is 18.4 Å². The number of thiazole rings is 1. The topological polar surface area (TPSA) is 77.2 Å². The van der Waals surface area contributed by atoms with E-state index >= 15 is 0 Å². The molecule has 0 saturated carbocycles. The van der Waals surface area contributed by atoms with Crippen LogP contribution in [0, 0.1) is 0 Å². The lowest BCUT2D eigenvalue weighted by Gasteiger charge is -2.15. The minimum absolute atomic E-state index is 0.00351. The number of aryl methyl sites for hydroxylation is 2. The summed E-state index contributed by atoms with van der Waals surface area (Å²) in [5.74, 6) is 0.820. The highest BCUT2D eigenvalue weighted by molar-refractivity contribution is 7.15. The maximum absolute atomic E-state index is 12.1. The molecule has 1 aromatic carbocycles. The lowest BCUT2D eigenvalue weighted by molar-refractivity contribution is -0.116. The summed E-state index contributed by atoms with van der Waals surface area (Å²) in [4.78, 5) is 17.8. The van der Waals surface area contributed by atoms with Crippen LogP contribution in [0.25, 0.3) is 0 Å². The molecule has 0 fully saturated rings. The van der Waals surface area contributed by atoms with Gasteiger partial charge in [0.25, 0.3) is 0 Å². The van der Waals surface area contributed by atoms with Crippen LogP contribution in [-0.2, 0) is 24.1 Å². The number of carbonyl (C=O) groups excluding carboxylic acids is 1. The van der Waals surface area contributed by atoms with E-state index in [0.717, 1.165) is 36.3 Å². The number of hydrogen-bond donors (Lipinski definition) is 2. The smallest absolute Gasteiger partial charge is 0.226 e.